The van der Waals surface area contributed by atoms with Crippen molar-refractivity contribution < 1.29 is 0 Å². The van der Waals surface area contributed by atoms with Gasteiger partial charge in [-0.2, -0.15) is 5.10 Å². The third-order valence-electron chi connectivity index (χ3n) is 4.08. The lowest BCUT2D eigenvalue weighted by molar-refractivity contribution is 0.574. The second-order valence-electron chi connectivity index (χ2n) is 5.59. The van der Waals surface area contributed by atoms with Crippen LogP contribution in [0.15, 0.2) is 24.8 Å². The Bertz CT molecular complexity index is 765. The molecule has 1 aliphatic heterocycles. The molecule has 6 nitrogen and oxygen atoms in total. The number of piperidine rings is 1. The Balaban J connectivity index is 1.80. The molecule has 0 aromatic carbocycles. The Kier molecular flexibility index (Phi) is 2.87. The Hall–Kier alpha value is -2.37. The lowest BCUT2D eigenvalue weighted by Gasteiger charge is -2.27. The number of rotatable bonds is 2. The number of hydrogen-bond acceptors (Lipinski definition) is 4. The molecule has 0 aliphatic carbocycles. The van der Waals surface area contributed by atoms with Crippen molar-refractivity contribution in [2.24, 2.45) is 7.05 Å². The minimum atomic E-state index is 0.893. The van der Waals surface area contributed by atoms with Crippen LogP contribution in [0.3, 0.4) is 0 Å². The Labute approximate surface area is 122 Å². The quantitative estimate of drug-likeness (QED) is 0.783. The highest BCUT2D eigenvalue weighted by Crippen LogP contribution is 2.29. The van der Waals surface area contributed by atoms with Crippen LogP contribution < -0.4 is 4.90 Å². The first-order valence-corrected chi connectivity index (χ1v) is 7.39. The summed E-state index contributed by atoms with van der Waals surface area (Å²) in [6.07, 6.45) is 9.31. The molecule has 4 rings (SSSR count). The second-order valence-corrected chi connectivity index (χ2v) is 5.59. The van der Waals surface area contributed by atoms with Gasteiger partial charge in [0.25, 0.3) is 0 Å². The lowest BCUT2D eigenvalue weighted by Crippen LogP contribution is -2.30. The fraction of sp³-hybridized carbons (Fsp3) is 0.400. The molecule has 108 valence electrons. The average Bonchev–Trinajstić information content (AvgIpc) is 3.13. The van der Waals surface area contributed by atoms with Gasteiger partial charge >= 0.3 is 0 Å². The zero-order valence-corrected chi connectivity index (χ0v) is 12.1. The molecule has 0 saturated carbocycles. The third-order valence-corrected chi connectivity index (χ3v) is 4.08. The van der Waals surface area contributed by atoms with Gasteiger partial charge in [0, 0.05) is 31.9 Å². The number of fused-ring (bicyclic) bond motifs is 1. The number of aromatic nitrogens is 5. The van der Waals surface area contributed by atoms with E-state index in [1.54, 1.807) is 11.0 Å². The molecule has 21 heavy (non-hydrogen) atoms. The van der Waals surface area contributed by atoms with Gasteiger partial charge in [-0.25, -0.2) is 9.97 Å². The fourth-order valence-electron chi connectivity index (χ4n) is 3.00. The van der Waals surface area contributed by atoms with Crippen molar-refractivity contribution in [2.75, 3.05) is 18.0 Å². The van der Waals surface area contributed by atoms with Crippen LogP contribution in [0.1, 0.15) is 19.3 Å². The molecule has 4 heterocycles. The molecule has 0 atom stereocenters. The summed E-state index contributed by atoms with van der Waals surface area (Å²) in [5, 5.41) is 5.32. The van der Waals surface area contributed by atoms with Crippen LogP contribution in [0.25, 0.3) is 22.3 Å². The number of aryl methyl sites for hydroxylation is 1. The van der Waals surface area contributed by atoms with E-state index < -0.39 is 0 Å². The van der Waals surface area contributed by atoms with Crippen LogP contribution in [0, 0.1) is 0 Å². The molecule has 0 bridgehead atoms. The Morgan fingerprint density at radius 3 is 2.76 bits per heavy atom. The van der Waals surface area contributed by atoms with Crippen molar-refractivity contribution in [3.63, 3.8) is 0 Å². The molecule has 1 N–H and O–H groups in total. The van der Waals surface area contributed by atoms with E-state index in [1.807, 2.05) is 19.4 Å². The van der Waals surface area contributed by atoms with Gasteiger partial charge in [-0.1, -0.05) is 0 Å². The zero-order chi connectivity index (χ0) is 14.2. The summed E-state index contributed by atoms with van der Waals surface area (Å²) in [6, 6.07) is 2.14. The predicted octanol–water partition coefficient (Wildman–Crippen LogP) is 2.35. The molecular weight excluding hydrogens is 264 g/mol. The molecule has 0 spiro atoms. The number of H-pyrrole nitrogens is 1. The largest absolute Gasteiger partial charge is 0.356 e. The molecule has 1 fully saturated rings. The van der Waals surface area contributed by atoms with Gasteiger partial charge in [0.2, 0.25) is 0 Å². The molecule has 1 aliphatic rings. The van der Waals surface area contributed by atoms with Crippen LogP contribution in [-0.4, -0.2) is 37.8 Å². The smallest absolute Gasteiger partial charge is 0.143 e. The van der Waals surface area contributed by atoms with Gasteiger partial charge in [0.05, 0.1) is 17.3 Å². The lowest BCUT2D eigenvalue weighted by atomic mass is 10.1. The molecule has 0 unspecified atom stereocenters. The van der Waals surface area contributed by atoms with Crippen LogP contribution in [0.5, 0.6) is 0 Å². The normalized spacial score (nSPS) is 15.8. The maximum atomic E-state index is 4.52. The van der Waals surface area contributed by atoms with Crippen molar-refractivity contribution in [1.82, 2.24) is 24.7 Å². The highest BCUT2D eigenvalue weighted by molar-refractivity contribution is 5.91. The summed E-state index contributed by atoms with van der Waals surface area (Å²) in [6.45, 7) is 2.17. The van der Waals surface area contributed by atoms with E-state index in [-0.39, 0.29) is 0 Å². The minimum Gasteiger partial charge on any atom is -0.356 e. The van der Waals surface area contributed by atoms with E-state index >= 15 is 0 Å². The molecule has 3 aromatic heterocycles. The van der Waals surface area contributed by atoms with Crippen LogP contribution in [-0.2, 0) is 7.05 Å². The zero-order valence-electron chi connectivity index (χ0n) is 12.1. The predicted molar refractivity (Wildman–Crippen MR) is 82.2 cm³/mol. The summed E-state index contributed by atoms with van der Waals surface area (Å²) in [7, 11) is 1.92. The van der Waals surface area contributed by atoms with Crippen LogP contribution in [0.2, 0.25) is 0 Å². The molecule has 0 amide bonds. The van der Waals surface area contributed by atoms with Crippen molar-refractivity contribution in [1.29, 1.82) is 0 Å². The van der Waals surface area contributed by atoms with Crippen molar-refractivity contribution in [3.05, 3.63) is 24.8 Å². The van der Waals surface area contributed by atoms with E-state index in [2.05, 4.69) is 31.0 Å². The summed E-state index contributed by atoms with van der Waals surface area (Å²) in [5.41, 5.74) is 3.00. The van der Waals surface area contributed by atoms with Crippen LogP contribution >= 0.6 is 0 Å². The van der Waals surface area contributed by atoms with Gasteiger partial charge in [0.15, 0.2) is 0 Å². The minimum absolute atomic E-state index is 0.893. The maximum absolute atomic E-state index is 4.52. The van der Waals surface area contributed by atoms with E-state index in [1.165, 1.54) is 19.3 Å². The molecule has 3 aromatic rings. The highest BCUT2D eigenvalue weighted by Gasteiger charge is 2.17. The number of hydrogen-bond donors (Lipinski definition) is 1. The first-order valence-electron chi connectivity index (χ1n) is 7.39. The first kappa shape index (κ1) is 12.4. The van der Waals surface area contributed by atoms with Gasteiger partial charge in [-0.3, -0.25) is 4.68 Å². The number of anilines is 1. The van der Waals surface area contributed by atoms with E-state index in [4.69, 9.17) is 0 Å². The van der Waals surface area contributed by atoms with E-state index in [0.717, 1.165) is 41.2 Å². The second kappa shape index (κ2) is 4.87. The highest BCUT2D eigenvalue weighted by atomic mass is 15.2. The van der Waals surface area contributed by atoms with Gasteiger partial charge < -0.3 is 9.88 Å². The number of nitrogens with one attached hydrogen (secondary N) is 1. The van der Waals surface area contributed by atoms with Crippen LogP contribution in [0.4, 0.5) is 5.82 Å². The summed E-state index contributed by atoms with van der Waals surface area (Å²) < 4.78 is 1.80. The summed E-state index contributed by atoms with van der Waals surface area (Å²) in [4.78, 5) is 14.6. The molecular formula is C15H18N6. The van der Waals surface area contributed by atoms with Crippen molar-refractivity contribution in [2.45, 2.75) is 19.3 Å². The summed E-state index contributed by atoms with van der Waals surface area (Å²) in [5.74, 6) is 1.05. The maximum Gasteiger partial charge on any atom is 0.143 e. The first-order chi connectivity index (χ1) is 10.3. The number of aromatic amines is 1. The monoisotopic (exact) mass is 282 g/mol. The van der Waals surface area contributed by atoms with E-state index in [0.29, 0.717) is 0 Å². The van der Waals surface area contributed by atoms with Crippen molar-refractivity contribution in [3.8, 4) is 11.3 Å². The number of nitrogens with zero attached hydrogens (tertiary/aromatic N) is 5. The standard InChI is InChI=1S/C15H18N6/c1-20-9-11(8-18-20)13-7-12-14(19-13)16-10-17-15(12)21-5-3-2-4-6-21/h7-10H,2-6H2,1H3,(H,16,17,19). The summed E-state index contributed by atoms with van der Waals surface area (Å²) >= 11 is 0. The molecule has 0 radical (unpaired) electrons. The van der Waals surface area contributed by atoms with Crippen molar-refractivity contribution >= 4 is 16.9 Å². The third kappa shape index (κ3) is 2.16. The Morgan fingerprint density at radius 2 is 2.00 bits per heavy atom. The average molecular weight is 282 g/mol. The van der Waals surface area contributed by atoms with Gasteiger partial charge in [0.1, 0.15) is 17.8 Å². The fourth-order valence-corrected chi connectivity index (χ4v) is 3.00. The SMILES string of the molecule is Cn1cc(-c2cc3c(N4CCCCC4)ncnc3[nH]2)cn1. The van der Waals surface area contributed by atoms with E-state index in [9.17, 15) is 0 Å². The molecule has 1 saturated heterocycles. The topological polar surface area (TPSA) is 62.6 Å². The molecule has 6 heteroatoms. The van der Waals surface area contributed by atoms with Gasteiger partial charge in [-0.05, 0) is 25.3 Å². The Morgan fingerprint density at radius 1 is 1.14 bits per heavy atom. The van der Waals surface area contributed by atoms with Gasteiger partial charge in [-0.15, -0.1) is 0 Å².